The molecule has 0 radical (unpaired) electrons. The van der Waals surface area contributed by atoms with Crippen LogP contribution in [0.1, 0.15) is 25.3 Å². The largest absolute Gasteiger partial charge is 0.390 e. The van der Waals surface area contributed by atoms with E-state index in [2.05, 4.69) is 20.9 Å². The summed E-state index contributed by atoms with van der Waals surface area (Å²) in [5, 5.41) is 10.2. The van der Waals surface area contributed by atoms with Crippen LogP contribution in [0.2, 0.25) is 0 Å². The lowest BCUT2D eigenvalue weighted by Gasteiger charge is -2.22. The van der Waals surface area contributed by atoms with Crippen LogP contribution in [0.4, 0.5) is 0 Å². The third-order valence-corrected chi connectivity index (χ3v) is 3.21. The van der Waals surface area contributed by atoms with E-state index < -0.39 is 5.60 Å². The van der Waals surface area contributed by atoms with Gasteiger partial charge in [-0.3, -0.25) is 4.98 Å². The van der Waals surface area contributed by atoms with Gasteiger partial charge in [-0.05, 0) is 53.2 Å². The van der Waals surface area contributed by atoms with Crippen LogP contribution in [0, 0.1) is 5.92 Å². The van der Waals surface area contributed by atoms with Crippen LogP contribution in [-0.2, 0) is 6.42 Å². The summed E-state index contributed by atoms with van der Waals surface area (Å²) in [6, 6.07) is 2.02. The van der Waals surface area contributed by atoms with Crippen molar-refractivity contribution in [1.82, 2.24) is 4.98 Å². The summed E-state index contributed by atoms with van der Waals surface area (Å²) < 4.78 is 0.974. The van der Waals surface area contributed by atoms with E-state index in [0.717, 1.165) is 22.9 Å². The minimum Gasteiger partial charge on any atom is -0.390 e. The molecule has 1 atom stereocenters. The Labute approximate surface area is 92.5 Å². The Hall–Kier alpha value is -0.410. The van der Waals surface area contributed by atoms with Gasteiger partial charge in [0.15, 0.2) is 0 Å². The van der Waals surface area contributed by atoms with Gasteiger partial charge in [0.1, 0.15) is 0 Å². The number of rotatable bonds is 3. The van der Waals surface area contributed by atoms with Gasteiger partial charge in [0.2, 0.25) is 0 Å². The maximum Gasteiger partial charge on any atom is 0.0688 e. The first-order valence-corrected chi connectivity index (χ1v) is 5.69. The highest BCUT2D eigenvalue weighted by Crippen LogP contribution is 2.41. The number of hydrogen-bond donors (Lipinski definition) is 1. The second-order valence-electron chi connectivity index (χ2n) is 4.32. The lowest BCUT2D eigenvalue weighted by Crippen LogP contribution is -2.29. The Kier molecular flexibility index (Phi) is 2.62. The van der Waals surface area contributed by atoms with E-state index in [0.29, 0.717) is 12.3 Å². The molecule has 0 aromatic carbocycles. The highest BCUT2D eigenvalue weighted by molar-refractivity contribution is 9.10. The van der Waals surface area contributed by atoms with Crippen LogP contribution in [-0.4, -0.2) is 15.7 Å². The van der Waals surface area contributed by atoms with Crippen LogP contribution < -0.4 is 0 Å². The minimum atomic E-state index is -0.553. The molecule has 0 saturated heterocycles. The van der Waals surface area contributed by atoms with Crippen molar-refractivity contribution in [3.8, 4) is 0 Å². The summed E-state index contributed by atoms with van der Waals surface area (Å²) in [5.41, 5.74) is 0.541. The lowest BCUT2D eigenvalue weighted by atomic mass is 9.93. The van der Waals surface area contributed by atoms with Gasteiger partial charge in [-0.15, -0.1) is 0 Å². The topological polar surface area (TPSA) is 33.1 Å². The van der Waals surface area contributed by atoms with Crippen molar-refractivity contribution < 1.29 is 5.11 Å². The van der Waals surface area contributed by atoms with Crippen molar-refractivity contribution in [1.29, 1.82) is 0 Å². The molecule has 1 aromatic heterocycles. The predicted molar refractivity (Wildman–Crippen MR) is 59.0 cm³/mol. The normalized spacial score (nSPS) is 20.5. The summed E-state index contributed by atoms with van der Waals surface area (Å²) in [5.74, 6) is 0.487. The molecule has 14 heavy (non-hydrogen) atoms. The summed E-state index contributed by atoms with van der Waals surface area (Å²) in [7, 11) is 0. The average molecular weight is 256 g/mol. The van der Waals surface area contributed by atoms with Crippen LogP contribution in [0.15, 0.2) is 22.9 Å². The van der Waals surface area contributed by atoms with Crippen molar-refractivity contribution in [3.63, 3.8) is 0 Å². The molecule has 1 aromatic rings. The Morgan fingerprint density at radius 3 is 2.86 bits per heavy atom. The van der Waals surface area contributed by atoms with Crippen molar-refractivity contribution in [2.75, 3.05) is 0 Å². The van der Waals surface area contributed by atoms with Crippen molar-refractivity contribution >= 4 is 15.9 Å². The van der Waals surface area contributed by atoms with Gasteiger partial charge in [0, 0.05) is 23.3 Å². The van der Waals surface area contributed by atoms with Gasteiger partial charge in [-0.25, -0.2) is 0 Å². The van der Waals surface area contributed by atoms with Gasteiger partial charge in [-0.1, -0.05) is 0 Å². The fourth-order valence-corrected chi connectivity index (χ4v) is 2.23. The number of aromatic nitrogens is 1. The molecule has 1 aliphatic carbocycles. The molecule has 2 nitrogen and oxygen atoms in total. The molecule has 2 rings (SSSR count). The minimum absolute atomic E-state index is 0.487. The van der Waals surface area contributed by atoms with Crippen LogP contribution in [0.5, 0.6) is 0 Å². The number of aliphatic hydroxyl groups is 1. The Morgan fingerprint density at radius 2 is 2.29 bits per heavy atom. The molecule has 1 unspecified atom stereocenters. The number of halogens is 1. The Bertz CT molecular complexity index is 334. The van der Waals surface area contributed by atoms with Gasteiger partial charge in [0.25, 0.3) is 0 Å². The highest BCUT2D eigenvalue weighted by Gasteiger charge is 2.39. The SMILES string of the molecule is CC(O)(Cc1cncc(Br)c1)C1CC1. The third-order valence-electron chi connectivity index (χ3n) is 2.78. The summed E-state index contributed by atoms with van der Waals surface area (Å²) >= 11 is 3.38. The first-order chi connectivity index (χ1) is 6.58. The molecule has 1 saturated carbocycles. The molecule has 1 fully saturated rings. The Morgan fingerprint density at radius 1 is 1.57 bits per heavy atom. The zero-order valence-electron chi connectivity index (χ0n) is 8.20. The molecular formula is C11H14BrNO. The number of nitrogens with zero attached hydrogens (tertiary/aromatic N) is 1. The smallest absolute Gasteiger partial charge is 0.0688 e. The predicted octanol–water partition coefficient (Wildman–Crippen LogP) is 2.55. The average Bonchev–Trinajstić information content (AvgIpc) is 2.84. The van der Waals surface area contributed by atoms with Gasteiger partial charge in [-0.2, -0.15) is 0 Å². The van der Waals surface area contributed by atoms with E-state index in [4.69, 9.17) is 0 Å². The number of hydrogen-bond acceptors (Lipinski definition) is 2. The van der Waals surface area contributed by atoms with E-state index >= 15 is 0 Å². The summed E-state index contributed by atoms with van der Waals surface area (Å²) in [6.07, 6.45) is 6.60. The molecule has 1 N–H and O–H groups in total. The molecule has 0 bridgehead atoms. The van der Waals surface area contributed by atoms with E-state index in [1.165, 1.54) is 0 Å². The molecule has 0 spiro atoms. The third kappa shape index (κ3) is 2.34. The van der Waals surface area contributed by atoms with Crippen molar-refractivity contribution in [3.05, 3.63) is 28.5 Å². The first-order valence-electron chi connectivity index (χ1n) is 4.90. The molecule has 0 aliphatic heterocycles. The molecule has 1 aliphatic rings. The van der Waals surface area contributed by atoms with Gasteiger partial charge < -0.3 is 5.11 Å². The van der Waals surface area contributed by atoms with Crippen LogP contribution >= 0.6 is 15.9 Å². The fraction of sp³-hybridized carbons (Fsp3) is 0.545. The van der Waals surface area contributed by atoms with Crippen LogP contribution in [0.3, 0.4) is 0 Å². The summed E-state index contributed by atoms with van der Waals surface area (Å²) in [4.78, 5) is 4.09. The monoisotopic (exact) mass is 255 g/mol. The van der Waals surface area contributed by atoms with Gasteiger partial charge >= 0.3 is 0 Å². The number of pyridine rings is 1. The Balaban J connectivity index is 2.09. The fourth-order valence-electron chi connectivity index (χ4n) is 1.82. The molecule has 3 heteroatoms. The quantitative estimate of drug-likeness (QED) is 0.901. The van der Waals surface area contributed by atoms with E-state index in [1.807, 2.05) is 19.2 Å². The molecular weight excluding hydrogens is 242 g/mol. The summed E-state index contributed by atoms with van der Waals surface area (Å²) in [6.45, 7) is 1.92. The molecule has 0 amide bonds. The second-order valence-corrected chi connectivity index (χ2v) is 5.24. The zero-order chi connectivity index (χ0) is 10.2. The maximum absolute atomic E-state index is 10.2. The van der Waals surface area contributed by atoms with E-state index in [9.17, 15) is 5.11 Å². The lowest BCUT2D eigenvalue weighted by molar-refractivity contribution is 0.0371. The first kappa shape index (κ1) is 10.1. The standard InChI is InChI=1S/C11H14BrNO/c1-11(14,9-2-3-9)5-8-4-10(12)7-13-6-8/h4,6-7,9,14H,2-3,5H2,1H3. The van der Waals surface area contributed by atoms with Crippen molar-refractivity contribution in [2.45, 2.75) is 31.8 Å². The zero-order valence-corrected chi connectivity index (χ0v) is 9.79. The van der Waals surface area contributed by atoms with Crippen LogP contribution in [0.25, 0.3) is 0 Å². The van der Waals surface area contributed by atoms with E-state index in [1.54, 1.807) is 6.20 Å². The molecule has 76 valence electrons. The highest BCUT2D eigenvalue weighted by atomic mass is 79.9. The maximum atomic E-state index is 10.2. The second kappa shape index (κ2) is 3.63. The van der Waals surface area contributed by atoms with Gasteiger partial charge in [0.05, 0.1) is 5.60 Å². The molecule has 1 heterocycles. The van der Waals surface area contributed by atoms with E-state index in [-0.39, 0.29) is 0 Å². The van der Waals surface area contributed by atoms with Crippen molar-refractivity contribution in [2.24, 2.45) is 5.92 Å².